The van der Waals surface area contributed by atoms with Crippen molar-refractivity contribution in [3.63, 3.8) is 0 Å². The van der Waals surface area contributed by atoms with Crippen LogP contribution in [0.25, 0.3) is 5.69 Å². The second-order valence-corrected chi connectivity index (χ2v) is 8.54. The van der Waals surface area contributed by atoms with Crippen LogP contribution in [0, 0.1) is 0 Å². The fraction of sp³-hybridized carbons (Fsp3) is 0.304. The summed E-state index contributed by atoms with van der Waals surface area (Å²) >= 11 is 1.37. The van der Waals surface area contributed by atoms with E-state index in [9.17, 15) is 4.79 Å². The number of carbonyl (C=O) groups excluding carboxylic acids is 1. The lowest BCUT2D eigenvalue weighted by molar-refractivity contribution is -0.113. The Morgan fingerprint density at radius 2 is 2.03 bits per heavy atom. The van der Waals surface area contributed by atoms with Crippen molar-refractivity contribution in [2.45, 2.75) is 36.6 Å². The van der Waals surface area contributed by atoms with Crippen molar-refractivity contribution in [1.82, 2.24) is 9.55 Å². The third-order valence-electron chi connectivity index (χ3n) is 5.46. The molecule has 0 bridgehead atoms. The van der Waals surface area contributed by atoms with Gasteiger partial charge in [0.15, 0.2) is 16.7 Å². The van der Waals surface area contributed by atoms with Gasteiger partial charge in [-0.1, -0.05) is 17.8 Å². The molecule has 0 unspecified atom stereocenters. The largest absolute Gasteiger partial charge is 0.497 e. The maximum absolute atomic E-state index is 12.5. The van der Waals surface area contributed by atoms with E-state index in [0.717, 1.165) is 48.0 Å². The Kier molecular flexibility index (Phi) is 5.23. The molecule has 160 valence electrons. The fourth-order valence-electron chi connectivity index (χ4n) is 3.97. The Labute approximate surface area is 184 Å². The zero-order valence-electron chi connectivity index (χ0n) is 17.2. The molecule has 8 heteroatoms. The first kappa shape index (κ1) is 19.8. The van der Waals surface area contributed by atoms with Gasteiger partial charge in [-0.2, -0.15) is 0 Å². The van der Waals surface area contributed by atoms with E-state index in [0.29, 0.717) is 11.4 Å². The van der Waals surface area contributed by atoms with Crippen molar-refractivity contribution in [2.24, 2.45) is 0 Å². The van der Waals surface area contributed by atoms with Crippen molar-refractivity contribution < 1.29 is 19.0 Å². The van der Waals surface area contributed by atoms with Gasteiger partial charge < -0.3 is 19.5 Å². The van der Waals surface area contributed by atoms with E-state index in [1.807, 2.05) is 53.2 Å². The highest BCUT2D eigenvalue weighted by atomic mass is 32.2. The van der Waals surface area contributed by atoms with E-state index in [-0.39, 0.29) is 11.7 Å². The third-order valence-corrected chi connectivity index (χ3v) is 6.42. The van der Waals surface area contributed by atoms with Crippen LogP contribution in [-0.4, -0.2) is 34.1 Å². The SMILES string of the molecule is COc1cccc(-n2ccnc2SCC(=O)Nc2ccc3c(c2)OC2(CCCC2)O3)c1. The van der Waals surface area contributed by atoms with E-state index in [1.54, 1.807) is 13.3 Å². The van der Waals surface area contributed by atoms with Crippen molar-refractivity contribution >= 4 is 23.4 Å². The number of nitrogens with one attached hydrogen (secondary N) is 1. The highest BCUT2D eigenvalue weighted by Crippen LogP contribution is 2.47. The first-order chi connectivity index (χ1) is 15.1. The summed E-state index contributed by atoms with van der Waals surface area (Å²) in [5.74, 6) is 1.83. The highest BCUT2D eigenvalue weighted by molar-refractivity contribution is 7.99. The first-order valence-electron chi connectivity index (χ1n) is 10.3. The molecule has 1 spiro atoms. The molecule has 1 aliphatic carbocycles. The van der Waals surface area contributed by atoms with Gasteiger partial charge in [-0.05, 0) is 37.1 Å². The fourth-order valence-corrected chi connectivity index (χ4v) is 4.74. The maximum atomic E-state index is 12.5. The number of benzene rings is 2. The molecule has 0 radical (unpaired) electrons. The molecule has 0 atom stereocenters. The normalized spacial score (nSPS) is 15.9. The van der Waals surface area contributed by atoms with E-state index in [2.05, 4.69) is 10.3 Å². The van der Waals surface area contributed by atoms with Gasteiger partial charge in [0, 0.05) is 43.1 Å². The predicted molar refractivity (Wildman–Crippen MR) is 118 cm³/mol. The number of thioether (sulfide) groups is 1. The molecule has 1 aliphatic heterocycles. The lowest BCUT2D eigenvalue weighted by Gasteiger charge is -2.21. The molecule has 3 aromatic rings. The van der Waals surface area contributed by atoms with Gasteiger partial charge in [0.2, 0.25) is 5.91 Å². The van der Waals surface area contributed by atoms with Crippen LogP contribution in [-0.2, 0) is 4.79 Å². The van der Waals surface area contributed by atoms with Crippen LogP contribution in [0.3, 0.4) is 0 Å². The monoisotopic (exact) mass is 437 g/mol. The second kappa shape index (κ2) is 8.19. The molecular formula is C23H23N3O4S. The van der Waals surface area contributed by atoms with Crippen LogP contribution in [0.2, 0.25) is 0 Å². The third kappa shape index (κ3) is 4.07. The van der Waals surface area contributed by atoms with Gasteiger partial charge in [-0.15, -0.1) is 0 Å². The smallest absolute Gasteiger partial charge is 0.251 e. The highest BCUT2D eigenvalue weighted by Gasteiger charge is 2.44. The molecule has 2 aromatic carbocycles. The molecule has 1 fully saturated rings. The summed E-state index contributed by atoms with van der Waals surface area (Å²) in [6, 6.07) is 13.2. The summed E-state index contributed by atoms with van der Waals surface area (Å²) in [7, 11) is 1.64. The lowest BCUT2D eigenvalue weighted by Crippen LogP contribution is -2.34. The van der Waals surface area contributed by atoms with E-state index < -0.39 is 5.79 Å². The van der Waals surface area contributed by atoms with Gasteiger partial charge in [0.25, 0.3) is 5.79 Å². The zero-order valence-corrected chi connectivity index (χ0v) is 18.0. The lowest BCUT2D eigenvalue weighted by atomic mass is 10.2. The zero-order chi connectivity index (χ0) is 21.3. The summed E-state index contributed by atoms with van der Waals surface area (Å²) in [6.45, 7) is 0. The summed E-state index contributed by atoms with van der Waals surface area (Å²) < 4.78 is 19.3. The quantitative estimate of drug-likeness (QED) is 0.566. The Hall–Kier alpha value is -3.13. The number of hydrogen-bond donors (Lipinski definition) is 1. The maximum Gasteiger partial charge on any atom is 0.251 e. The molecule has 5 rings (SSSR count). The number of imidazole rings is 1. The van der Waals surface area contributed by atoms with Crippen LogP contribution in [0.5, 0.6) is 17.2 Å². The Balaban J connectivity index is 1.22. The topological polar surface area (TPSA) is 74.6 Å². The predicted octanol–water partition coefficient (Wildman–Crippen LogP) is 4.65. The Bertz CT molecular complexity index is 1110. The standard InChI is InChI=1S/C23H23N3O4S/c1-28-18-6-4-5-17(14-18)26-12-11-24-22(26)31-15-21(27)25-16-7-8-19-20(13-16)30-23(29-19)9-2-3-10-23/h4-8,11-14H,2-3,9-10,15H2,1H3,(H,25,27). The van der Waals surface area contributed by atoms with E-state index >= 15 is 0 Å². The molecule has 1 amide bonds. The van der Waals surface area contributed by atoms with Crippen molar-refractivity contribution in [3.05, 3.63) is 54.9 Å². The Morgan fingerprint density at radius 3 is 2.87 bits per heavy atom. The van der Waals surface area contributed by atoms with Crippen LogP contribution >= 0.6 is 11.8 Å². The molecule has 0 saturated heterocycles. The number of ether oxygens (including phenoxy) is 3. The van der Waals surface area contributed by atoms with Crippen LogP contribution in [0.15, 0.2) is 60.0 Å². The number of rotatable bonds is 6. The summed E-state index contributed by atoms with van der Waals surface area (Å²) in [4.78, 5) is 16.9. The number of amides is 1. The molecule has 1 N–H and O–H groups in total. The van der Waals surface area contributed by atoms with E-state index in [4.69, 9.17) is 14.2 Å². The molecule has 1 saturated carbocycles. The van der Waals surface area contributed by atoms with Gasteiger partial charge in [-0.3, -0.25) is 9.36 Å². The minimum atomic E-state index is -0.502. The van der Waals surface area contributed by atoms with E-state index in [1.165, 1.54) is 11.8 Å². The molecule has 7 nitrogen and oxygen atoms in total. The van der Waals surface area contributed by atoms with Crippen LogP contribution < -0.4 is 19.5 Å². The van der Waals surface area contributed by atoms with Crippen LogP contribution in [0.1, 0.15) is 25.7 Å². The molecular weight excluding hydrogens is 414 g/mol. The first-order valence-corrected chi connectivity index (χ1v) is 11.3. The van der Waals surface area contributed by atoms with Crippen molar-refractivity contribution in [2.75, 3.05) is 18.2 Å². The number of nitrogens with zero attached hydrogens (tertiary/aromatic N) is 2. The van der Waals surface area contributed by atoms with Crippen molar-refractivity contribution in [1.29, 1.82) is 0 Å². The average Bonchev–Trinajstić information content (AvgIpc) is 3.52. The number of anilines is 1. The number of hydrogen-bond acceptors (Lipinski definition) is 6. The Morgan fingerprint density at radius 1 is 1.19 bits per heavy atom. The number of fused-ring (bicyclic) bond motifs is 1. The molecule has 1 aromatic heterocycles. The number of carbonyl (C=O) groups is 1. The van der Waals surface area contributed by atoms with Gasteiger partial charge in [0.1, 0.15) is 5.75 Å². The van der Waals surface area contributed by atoms with Gasteiger partial charge in [-0.25, -0.2) is 4.98 Å². The minimum absolute atomic E-state index is 0.111. The molecule has 2 heterocycles. The second-order valence-electron chi connectivity index (χ2n) is 7.60. The minimum Gasteiger partial charge on any atom is -0.497 e. The number of methoxy groups -OCH3 is 1. The van der Waals surface area contributed by atoms with Crippen LogP contribution in [0.4, 0.5) is 5.69 Å². The summed E-state index contributed by atoms with van der Waals surface area (Å²) in [5.41, 5.74) is 1.62. The summed E-state index contributed by atoms with van der Waals surface area (Å²) in [6.07, 6.45) is 7.61. The van der Waals surface area contributed by atoms with Crippen molar-refractivity contribution in [3.8, 4) is 22.9 Å². The molecule has 2 aliphatic rings. The molecule has 31 heavy (non-hydrogen) atoms. The average molecular weight is 438 g/mol. The summed E-state index contributed by atoms with van der Waals surface area (Å²) in [5, 5.41) is 3.67. The number of aromatic nitrogens is 2. The van der Waals surface area contributed by atoms with Gasteiger partial charge in [0.05, 0.1) is 18.6 Å². The van der Waals surface area contributed by atoms with Gasteiger partial charge >= 0.3 is 0 Å².